The van der Waals surface area contributed by atoms with Gasteiger partial charge in [0.25, 0.3) is 0 Å². The van der Waals surface area contributed by atoms with Crippen molar-refractivity contribution in [1.29, 1.82) is 0 Å². The van der Waals surface area contributed by atoms with Gasteiger partial charge in [0.1, 0.15) is 11.6 Å². The quantitative estimate of drug-likeness (QED) is 0.911. The second-order valence-electron chi connectivity index (χ2n) is 5.77. The van der Waals surface area contributed by atoms with Gasteiger partial charge in [-0.1, -0.05) is 12.5 Å². The zero-order valence-electron chi connectivity index (χ0n) is 12.8. The van der Waals surface area contributed by atoms with E-state index in [1.807, 2.05) is 6.92 Å². The molecule has 0 spiro atoms. The van der Waals surface area contributed by atoms with Gasteiger partial charge in [-0.15, -0.1) is 0 Å². The molecule has 0 saturated carbocycles. The standard InChI is InChI=1S/C16H25FN2O/c1-11-6-5-7-12(2)19(11)18-13(3)15-9-8-14(20-4)10-16(15)17/h8-13,18H,5-7H2,1-4H3. The molecule has 4 heteroatoms. The molecule has 0 aliphatic carbocycles. The summed E-state index contributed by atoms with van der Waals surface area (Å²) in [6.45, 7) is 6.44. The van der Waals surface area contributed by atoms with Crippen LogP contribution in [-0.4, -0.2) is 24.2 Å². The van der Waals surface area contributed by atoms with E-state index in [-0.39, 0.29) is 11.9 Å². The van der Waals surface area contributed by atoms with E-state index in [1.54, 1.807) is 19.2 Å². The lowest BCUT2D eigenvalue weighted by atomic mass is 9.99. The molecule has 3 atom stereocenters. The van der Waals surface area contributed by atoms with Crippen molar-refractivity contribution in [2.45, 2.75) is 58.2 Å². The molecule has 112 valence electrons. The fraction of sp³-hybridized carbons (Fsp3) is 0.625. The summed E-state index contributed by atoms with van der Waals surface area (Å²) < 4.78 is 19.1. The van der Waals surface area contributed by atoms with Crippen molar-refractivity contribution in [2.24, 2.45) is 0 Å². The molecule has 2 rings (SSSR count). The number of methoxy groups -OCH3 is 1. The van der Waals surface area contributed by atoms with Crippen LogP contribution in [0, 0.1) is 5.82 Å². The number of nitrogens with one attached hydrogen (secondary N) is 1. The van der Waals surface area contributed by atoms with Crippen molar-refractivity contribution in [1.82, 2.24) is 10.4 Å². The molecule has 3 unspecified atom stereocenters. The van der Waals surface area contributed by atoms with E-state index in [0.29, 0.717) is 23.4 Å². The van der Waals surface area contributed by atoms with E-state index < -0.39 is 0 Å². The minimum absolute atomic E-state index is 0.0519. The van der Waals surface area contributed by atoms with Gasteiger partial charge in [0.05, 0.1) is 7.11 Å². The Kier molecular flexibility index (Phi) is 5.00. The Bertz CT molecular complexity index is 442. The Morgan fingerprint density at radius 3 is 2.50 bits per heavy atom. The summed E-state index contributed by atoms with van der Waals surface area (Å²) in [6.07, 6.45) is 3.65. The number of piperidine rings is 1. The number of hydrogen-bond donors (Lipinski definition) is 1. The third-order valence-corrected chi connectivity index (χ3v) is 4.21. The highest BCUT2D eigenvalue weighted by Gasteiger charge is 2.26. The topological polar surface area (TPSA) is 24.5 Å². The van der Waals surface area contributed by atoms with Gasteiger partial charge < -0.3 is 4.74 Å². The fourth-order valence-electron chi connectivity index (χ4n) is 2.95. The maximum Gasteiger partial charge on any atom is 0.131 e. The summed E-state index contributed by atoms with van der Waals surface area (Å²) >= 11 is 0. The summed E-state index contributed by atoms with van der Waals surface area (Å²) in [5.74, 6) is 0.333. The number of halogens is 1. The Morgan fingerprint density at radius 1 is 1.30 bits per heavy atom. The van der Waals surface area contributed by atoms with E-state index in [9.17, 15) is 4.39 Å². The second kappa shape index (κ2) is 6.55. The first-order valence-corrected chi connectivity index (χ1v) is 7.41. The maximum atomic E-state index is 14.1. The van der Waals surface area contributed by atoms with Gasteiger partial charge in [0.2, 0.25) is 0 Å². The van der Waals surface area contributed by atoms with Gasteiger partial charge in [-0.05, 0) is 39.7 Å². The number of hydrogen-bond acceptors (Lipinski definition) is 3. The molecule has 0 aromatic heterocycles. The summed E-state index contributed by atoms with van der Waals surface area (Å²) in [7, 11) is 1.55. The molecule has 1 heterocycles. The predicted molar refractivity (Wildman–Crippen MR) is 79.1 cm³/mol. The molecular weight excluding hydrogens is 255 g/mol. The lowest BCUT2D eigenvalue weighted by Crippen LogP contribution is -2.52. The van der Waals surface area contributed by atoms with Crippen molar-refractivity contribution in [2.75, 3.05) is 7.11 Å². The van der Waals surface area contributed by atoms with Crippen molar-refractivity contribution in [3.63, 3.8) is 0 Å². The summed E-state index contributed by atoms with van der Waals surface area (Å²) in [5, 5.41) is 2.28. The molecule has 1 aliphatic rings. The molecule has 1 aliphatic heterocycles. The zero-order valence-corrected chi connectivity index (χ0v) is 12.8. The van der Waals surface area contributed by atoms with Gasteiger partial charge in [-0.25, -0.2) is 14.8 Å². The van der Waals surface area contributed by atoms with E-state index in [1.165, 1.54) is 25.3 Å². The maximum absolute atomic E-state index is 14.1. The summed E-state index contributed by atoms with van der Waals surface area (Å²) in [5.41, 5.74) is 4.14. The van der Waals surface area contributed by atoms with Crippen LogP contribution in [-0.2, 0) is 0 Å². The third-order valence-electron chi connectivity index (χ3n) is 4.21. The minimum Gasteiger partial charge on any atom is -0.497 e. The summed E-state index contributed by atoms with van der Waals surface area (Å²) in [6, 6.07) is 5.97. The van der Waals surface area contributed by atoms with Gasteiger partial charge in [-0.3, -0.25) is 0 Å². The monoisotopic (exact) mass is 280 g/mol. The van der Waals surface area contributed by atoms with Crippen LogP contribution < -0.4 is 10.2 Å². The largest absolute Gasteiger partial charge is 0.497 e. The van der Waals surface area contributed by atoms with E-state index >= 15 is 0 Å². The van der Waals surface area contributed by atoms with Gasteiger partial charge in [0, 0.05) is 29.8 Å². The van der Waals surface area contributed by atoms with Crippen LogP contribution in [0.3, 0.4) is 0 Å². The predicted octanol–water partition coefficient (Wildman–Crippen LogP) is 3.66. The third kappa shape index (κ3) is 3.30. The lowest BCUT2D eigenvalue weighted by Gasteiger charge is -2.41. The lowest BCUT2D eigenvalue weighted by molar-refractivity contribution is 0.0315. The van der Waals surface area contributed by atoms with Crippen molar-refractivity contribution in [3.05, 3.63) is 29.6 Å². The smallest absolute Gasteiger partial charge is 0.131 e. The normalized spacial score (nSPS) is 25.4. The molecule has 20 heavy (non-hydrogen) atoms. The molecule has 0 radical (unpaired) electrons. The van der Waals surface area contributed by atoms with Crippen LogP contribution >= 0.6 is 0 Å². The SMILES string of the molecule is COc1ccc(C(C)NN2C(C)CCCC2C)c(F)c1. The van der Waals surface area contributed by atoms with Crippen LogP contribution in [0.4, 0.5) is 4.39 Å². The first-order chi connectivity index (χ1) is 9.52. The van der Waals surface area contributed by atoms with Crippen LogP contribution in [0.1, 0.15) is 51.6 Å². The highest BCUT2D eigenvalue weighted by Crippen LogP contribution is 2.25. The first-order valence-electron chi connectivity index (χ1n) is 7.41. The van der Waals surface area contributed by atoms with Gasteiger partial charge >= 0.3 is 0 Å². The molecule has 1 aromatic rings. The molecule has 1 aromatic carbocycles. The van der Waals surface area contributed by atoms with Gasteiger partial charge in [0.15, 0.2) is 0 Å². The number of benzene rings is 1. The van der Waals surface area contributed by atoms with Crippen LogP contribution in [0.2, 0.25) is 0 Å². The highest BCUT2D eigenvalue weighted by molar-refractivity contribution is 5.30. The Morgan fingerprint density at radius 2 is 1.95 bits per heavy atom. The average molecular weight is 280 g/mol. The molecular formula is C16H25FN2O. The molecule has 3 nitrogen and oxygen atoms in total. The Hall–Kier alpha value is -1.13. The Balaban J connectivity index is 2.09. The summed E-state index contributed by atoms with van der Waals surface area (Å²) in [4.78, 5) is 0. The number of hydrazine groups is 1. The number of ether oxygens (including phenoxy) is 1. The van der Waals surface area contributed by atoms with Crippen molar-refractivity contribution < 1.29 is 9.13 Å². The molecule has 0 bridgehead atoms. The molecule has 1 fully saturated rings. The van der Waals surface area contributed by atoms with Gasteiger partial charge in [-0.2, -0.15) is 0 Å². The van der Waals surface area contributed by atoms with Crippen LogP contribution in [0.25, 0.3) is 0 Å². The first kappa shape index (κ1) is 15.3. The highest BCUT2D eigenvalue weighted by atomic mass is 19.1. The van der Waals surface area contributed by atoms with E-state index in [2.05, 4.69) is 24.3 Å². The minimum atomic E-state index is -0.221. The number of nitrogens with zero attached hydrogens (tertiary/aromatic N) is 1. The number of rotatable bonds is 4. The zero-order chi connectivity index (χ0) is 14.7. The van der Waals surface area contributed by atoms with Crippen LogP contribution in [0.5, 0.6) is 5.75 Å². The molecule has 1 saturated heterocycles. The van der Waals surface area contributed by atoms with Crippen LogP contribution in [0.15, 0.2) is 18.2 Å². The molecule has 0 amide bonds. The van der Waals surface area contributed by atoms with E-state index in [0.717, 1.165) is 0 Å². The van der Waals surface area contributed by atoms with Crippen molar-refractivity contribution >= 4 is 0 Å². The average Bonchev–Trinajstić information content (AvgIpc) is 2.42. The fourth-order valence-corrected chi connectivity index (χ4v) is 2.95. The van der Waals surface area contributed by atoms with Crippen molar-refractivity contribution in [3.8, 4) is 5.75 Å². The molecule has 1 N–H and O–H groups in total. The Labute approximate surface area is 121 Å². The van der Waals surface area contributed by atoms with E-state index in [4.69, 9.17) is 4.74 Å². The second-order valence-corrected chi connectivity index (χ2v) is 5.77.